The second-order valence-electron chi connectivity index (χ2n) is 5.95. The van der Waals surface area contributed by atoms with Crippen LogP contribution in [0.15, 0.2) is 35.9 Å². The summed E-state index contributed by atoms with van der Waals surface area (Å²) in [4.78, 5) is 0. The highest BCUT2D eigenvalue weighted by Gasteiger charge is 2.19. The lowest BCUT2D eigenvalue weighted by Crippen LogP contribution is -2.28. The number of allylic oxidation sites excluding steroid dienone is 2. The van der Waals surface area contributed by atoms with Crippen molar-refractivity contribution in [2.45, 2.75) is 39.7 Å². The highest BCUT2D eigenvalue weighted by molar-refractivity contribution is 6.31. The van der Waals surface area contributed by atoms with Crippen molar-refractivity contribution < 1.29 is 0 Å². The first-order valence-corrected chi connectivity index (χ1v) is 7.59. The molecule has 0 aliphatic heterocycles. The van der Waals surface area contributed by atoms with E-state index >= 15 is 0 Å². The van der Waals surface area contributed by atoms with Gasteiger partial charge in [0.15, 0.2) is 0 Å². The average molecular weight is 278 g/mol. The van der Waals surface area contributed by atoms with Gasteiger partial charge in [-0.1, -0.05) is 48.4 Å². The summed E-state index contributed by atoms with van der Waals surface area (Å²) in [5, 5.41) is 4.50. The van der Waals surface area contributed by atoms with Crippen molar-refractivity contribution in [1.82, 2.24) is 5.32 Å². The second-order valence-corrected chi connectivity index (χ2v) is 6.35. The van der Waals surface area contributed by atoms with Crippen molar-refractivity contribution in [2.75, 3.05) is 6.54 Å². The van der Waals surface area contributed by atoms with E-state index in [0.717, 1.165) is 23.4 Å². The Hall–Kier alpha value is -0.790. The Kier molecular flexibility index (Phi) is 5.06. The third-order valence-corrected chi connectivity index (χ3v) is 4.31. The van der Waals surface area contributed by atoms with E-state index < -0.39 is 0 Å². The van der Waals surface area contributed by atoms with Gasteiger partial charge >= 0.3 is 0 Å². The second kappa shape index (κ2) is 6.58. The van der Waals surface area contributed by atoms with E-state index in [4.69, 9.17) is 11.6 Å². The van der Waals surface area contributed by atoms with Gasteiger partial charge in [0.2, 0.25) is 0 Å². The van der Waals surface area contributed by atoms with Crippen LogP contribution >= 0.6 is 11.6 Å². The van der Waals surface area contributed by atoms with Crippen LogP contribution in [0.3, 0.4) is 0 Å². The molecule has 1 aliphatic rings. The molecule has 0 spiro atoms. The van der Waals surface area contributed by atoms with Crippen molar-refractivity contribution in [3.05, 3.63) is 46.5 Å². The summed E-state index contributed by atoms with van der Waals surface area (Å²) in [6, 6.07) is 8.42. The number of nitrogens with one attached hydrogen (secondary N) is 1. The fraction of sp³-hybridized carbons (Fsp3) is 0.529. The van der Waals surface area contributed by atoms with Crippen molar-refractivity contribution in [3.8, 4) is 0 Å². The van der Waals surface area contributed by atoms with Crippen molar-refractivity contribution >= 4 is 11.6 Å². The van der Waals surface area contributed by atoms with Crippen molar-refractivity contribution in [2.24, 2.45) is 11.8 Å². The number of hydrogen-bond donors (Lipinski definition) is 1. The van der Waals surface area contributed by atoms with Gasteiger partial charge in [0, 0.05) is 11.1 Å². The molecule has 0 heterocycles. The molecule has 1 nitrogen and oxygen atoms in total. The minimum Gasteiger partial charge on any atom is -0.310 e. The molecule has 1 N–H and O–H groups in total. The molecule has 0 aromatic heterocycles. The number of hydrogen-bond acceptors (Lipinski definition) is 1. The molecule has 104 valence electrons. The third-order valence-electron chi connectivity index (χ3n) is 3.97. The summed E-state index contributed by atoms with van der Waals surface area (Å²) in [6.07, 6.45) is 4.93. The topological polar surface area (TPSA) is 12.0 Å². The van der Waals surface area contributed by atoms with Gasteiger partial charge < -0.3 is 5.32 Å². The monoisotopic (exact) mass is 277 g/mol. The fourth-order valence-corrected chi connectivity index (χ4v) is 3.42. The Morgan fingerprint density at radius 2 is 2.11 bits per heavy atom. The van der Waals surface area contributed by atoms with Crippen LogP contribution in [0.2, 0.25) is 5.02 Å². The van der Waals surface area contributed by atoms with Gasteiger partial charge in [0.1, 0.15) is 0 Å². The Balaban J connectivity index is 1.89. The molecular formula is C17H24ClN. The Labute approximate surface area is 122 Å². The maximum atomic E-state index is 6.24. The Morgan fingerprint density at radius 3 is 2.79 bits per heavy atom. The molecule has 3 unspecified atom stereocenters. The van der Waals surface area contributed by atoms with E-state index in [1.807, 2.05) is 12.1 Å². The molecule has 0 amide bonds. The van der Waals surface area contributed by atoms with Crippen molar-refractivity contribution in [1.29, 1.82) is 0 Å². The summed E-state index contributed by atoms with van der Waals surface area (Å²) in [6.45, 7) is 7.82. The van der Waals surface area contributed by atoms with Crippen LogP contribution in [-0.4, -0.2) is 6.54 Å². The van der Waals surface area contributed by atoms with E-state index in [0.29, 0.717) is 6.04 Å². The number of rotatable bonds is 4. The summed E-state index contributed by atoms with van der Waals surface area (Å²) < 4.78 is 0. The van der Waals surface area contributed by atoms with Gasteiger partial charge in [0.25, 0.3) is 0 Å². The van der Waals surface area contributed by atoms with Crippen LogP contribution in [0.5, 0.6) is 0 Å². The SMILES string of the molecule is CC1=CC(C)CC(CNC(C)c2ccccc2Cl)C1. The molecule has 0 saturated carbocycles. The summed E-state index contributed by atoms with van der Waals surface area (Å²) in [5.41, 5.74) is 2.73. The standard InChI is InChI=1S/C17H24ClN/c1-12-8-13(2)10-15(9-12)11-19-14(3)16-6-4-5-7-17(16)18/h4-8,12,14-15,19H,9-11H2,1-3H3. The predicted octanol–water partition coefficient (Wildman–Crippen LogP) is 4.98. The van der Waals surface area contributed by atoms with Crippen LogP contribution in [0.1, 0.15) is 45.2 Å². The van der Waals surface area contributed by atoms with E-state index in [2.05, 4.69) is 44.3 Å². The smallest absolute Gasteiger partial charge is 0.0453 e. The minimum absolute atomic E-state index is 0.315. The molecule has 1 aromatic rings. The maximum absolute atomic E-state index is 6.24. The molecule has 19 heavy (non-hydrogen) atoms. The quantitative estimate of drug-likeness (QED) is 0.765. The highest BCUT2D eigenvalue weighted by atomic mass is 35.5. The largest absolute Gasteiger partial charge is 0.310 e. The molecule has 0 radical (unpaired) electrons. The summed E-state index contributed by atoms with van der Waals surface area (Å²) in [5.74, 6) is 1.47. The first-order valence-electron chi connectivity index (χ1n) is 7.21. The van der Waals surface area contributed by atoms with Gasteiger partial charge in [-0.15, -0.1) is 0 Å². The molecule has 1 aromatic carbocycles. The molecule has 0 fully saturated rings. The number of halogens is 1. The van der Waals surface area contributed by atoms with Crippen LogP contribution in [0.25, 0.3) is 0 Å². The molecule has 3 atom stereocenters. The lowest BCUT2D eigenvalue weighted by Gasteiger charge is -2.27. The molecule has 0 bridgehead atoms. The van der Waals surface area contributed by atoms with E-state index in [9.17, 15) is 0 Å². The normalized spacial score (nSPS) is 24.9. The van der Waals surface area contributed by atoms with Crippen LogP contribution in [0.4, 0.5) is 0 Å². The van der Waals surface area contributed by atoms with Gasteiger partial charge in [0.05, 0.1) is 0 Å². The van der Waals surface area contributed by atoms with Gasteiger partial charge in [-0.2, -0.15) is 0 Å². The predicted molar refractivity (Wildman–Crippen MR) is 83.5 cm³/mol. The first-order chi connectivity index (χ1) is 9.06. The zero-order valence-electron chi connectivity index (χ0n) is 12.1. The molecule has 0 saturated heterocycles. The van der Waals surface area contributed by atoms with E-state index in [1.165, 1.54) is 24.0 Å². The van der Waals surface area contributed by atoms with Crippen LogP contribution < -0.4 is 5.32 Å². The Morgan fingerprint density at radius 1 is 1.37 bits per heavy atom. The Bertz CT molecular complexity index is 452. The molecule has 2 heteroatoms. The highest BCUT2D eigenvalue weighted by Crippen LogP contribution is 2.28. The summed E-state index contributed by atoms with van der Waals surface area (Å²) >= 11 is 6.24. The molecule has 1 aliphatic carbocycles. The molecule has 2 rings (SSSR count). The van der Waals surface area contributed by atoms with Gasteiger partial charge in [-0.3, -0.25) is 0 Å². The number of benzene rings is 1. The zero-order chi connectivity index (χ0) is 13.8. The third kappa shape index (κ3) is 4.09. The van der Waals surface area contributed by atoms with E-state index in [1.54, 1.807) is 0 Å². The maximum Gasteiger partial charge on any atom is 0.0453 e. The average Bonchev–Trinajstić information content (AvgIpc) is 2.35. The first kappa shape index (κ1) is 14.6. The fourth-order valence-electron chi connectivity index (χ4n) is 3.12. The van der Waals surface area contributed by atoms with Crippen molar-refractivity contribution in [3.63, 3.8) is 0 Å². The summed E-state index contributed by atoms with van der Waals surface area (Å²) in [7, 11) is 0. The minimum atomic E-state index is 0.315. The lowest BCUT2D eigenvalue weighted by molar-refractivity contribution is 0.367. The van der Waals surface area contributed by atoms with Gasteiger partial charge in [-0.25, -0.2) is 0 Å². The molecular weight excluding hydrogens is 254 g/mol. The zero-order valence-corrected chi connectivity index (χ0v) is 12.9. The lowest BCUT2D eigenvalue weighted by atomic mass is 9.83. The van der Waals surface area contributed by atoms with Crippen LogP contribution in [0, 0.1) is 11.8 Å². The van der Waals surface area contributed by atoms with Gasteiger partial charge in [-0.05, 0) is 56.7 Å². The van der Waals surface area contributed by atoms with Crippen LogP contribution in [-0.2, 0) is 0 Å². The van der Waals surface area contributed by atoms with E-state index in [-0.39, 0.29) is 0 Å².